The predicted octanol–water partition coefficient (Wildman–Crippen LogP) is 2.41. The Kier molecular flexibility index (Phi) is 4.49. The van der Waals surface area contributed by atoms with Gasteiger partial charge >= 0.3 is 0 Å². The zero-order chi connectivity index (χ0) is 15.6. The molecule has 0 saturated carbocycles. The number of hydrogen-bond acceptors (Lipinski definition) is 4. The summed E-state index contributed by atoms with van der Waals surface area (Å²) in [7, 11) is -3.37. The molecule has 2 fully saturated rings. The van der Waals surface area contributed by atoms with Crippen molar-refractivity contribution in [2.24, 2.45) is 0 Å². The van der Waals surface area contributed by atoms with Crippen LogP contribution in [0.25, 0.3) is 0 Å². The number of aromatic nitrogens is 1. The van der Waals surface area contributed by atoms with Gasteiger partial charge in [0.15, 0.2) is 0 Å². The fraction of sp³-hybridized carbons (Fsp3) is 0.562. The molecule has 1 aromatic rings. The molecule has 1 atom stereocenters. The number of rotatable bonds is 4. The van der Waals surface area contributed by atoms with Crippen LogP contribution in [0.3, 0.4) is 0 Å². The molecule has 5 nitrogen and oxygen atoms in total. The quantitative estimate of drug-likeness (QED) is 0.799. The first-order chi connectivity index (χ1) is 10.6. The molecule has 120 valence electrons. The van der Waals surface area contributed by atoms with Gasteiger partial charge in [0, 0.05) is 31.9 Å². The van der Waals surface area contributed by atoms with Gasteiger partial charge in [-0.25, -0.2) is 13.4 Å². The number of hydrogen-bond donors (Lipinski definition) is 0. The Morgan fingerprint density at radius 3 is 2.50 bits per heavy atom. The maximum Gasteiger partial charge on any atom is 0.244 e. The summed E-state index contributed by atoms with van der Waals surface area (Å²) in [5.41, 5.74) is 0. The smallest absolute Gasteiger partial charge is 0.244 e. The summed E-state index contributed by atoms with van der Waals surface area (Å²) in [6, 6.07) is 3.80. The minimum atomic E-state index is -3.37. The highest BCUT2D eigenvalue weighted by Crippen LogP contribution is 2.26. The van der Waals surface area contributed by atoms with Crippen LogP contribution in [0.15, 0.2) is 35.9 Å². The standard InChI is InChI=1S/C16H23N3O2S/c1-2-14-7-3-4-12-19(14)16-9-8-15(13-17-16)22(20,21)18-10-5-6-11-18/h2,8-9,13-14H,1,3-7,10-12H2. The third-order valence-electron chi connectivity index (χ3n) is 4.54. The van der Waals surface area contributed by atoms with Crippen molar-refractivity contribution in [2.75, 3.05) is 24.5 Å². The first kappa shape index (κ1) is 15.5. The fourth-order valence-corrected chi connectivity index (χ4v) is 4.72. The Bertz CT molecular complexity index is 621. The molecule has 0 spiro atoms. The molecule has 22 heavy (non-hydrogen) atoms. The summed E-state index contributed by atoms with van der Waals surface area (Å²) in [6.45, 7) is 6.08. The minimum Gasteiger partial charge on any atom is -0.350 e. The maximum atomic E-state index is 12.5. The summed E-state index contributed by atoms with van der Waals surface area (Å²) in [5.74, 6) is 0.838. The van der Waals surface area contributed by atoms with E-state index in [1.165, 1.54) is 12.6 Å². The van der Waals surface area contributed by atoms with Gasteiger partial charge in [0.2, 0.25) is 10.0 Å². The molecule has 6 heteroatoms. The summed E-state index contributed by atoms with van der Waals surface area (Å²) in [6.07, 6.45) is 8.76. The van der Waals surface area contributed by atoms with Gasteiger partial charge in [0.05, 0.1) is 0 Å². The van der Waals surface area contributed by atoms with Gasteiger partial charge in [-0.3, -0.25) is 0 Å². The average Bonchev–Trinajstić information content (AvgIpc) is 3.10. The molecule has 2 saturated heterocycles. The number of pyridine rings is 1. The summed E-state index contributed by atoms with van der Waals surface area (Å²) >= 11 is 0. The highest BCUT2D eigenvalue weighted by atomic mass is 32.2. The molecule has 0 N–H and O–H groups in total. The van der Waals surface area contributed by atoms with Gasteiger partial charge in [0.1, 0.15) is 10.7 Å². The van der Waals surface area contributed by atoms with Crippen molar-refractivity contribution >= 4 is 15.8 Å². The maximum absolute atomic E-state index is 12.5. The van der Waals surface area contributed by atoms with Gasteiger partial charge in [-0.05, 0) is 44.2 Å². The van der Waals surface area contributed by atoms with Crippen LogP contribution in [0.1, 0.15) is 32.1 Å². The molecule has 1 unspecified atom stereocenters. The highest BCUT2D eigenvalue weighted by Gasteiger charge is 2.28. The second-order valence-corrected chi connectivity index (χ2v) is 7.89. The van der Waals surface area contributed by atoms with Crippen LogP contribution in [0.5, 0.6) is 0 Å². The van der Waals surface area contributed by atoms with E-state index >= 15 is 0 Å². The number of anilines is 1. The van der Waals surface area contributed by atoms with E-state index in [2.05, 4.69) is 16.5 Å². The van der Waals surface area contributed by atoms with Gasteiger partial charge in [-0.2, -0.15) is 4.31 Å². The lowest BCUT2D eigenvalue weighted by Gasteiger charge is -2.34. The van der Waals surface area contributed by atoms with E-state index in [0.717, 1.165) is 38.0 Å². The van der Waals surface area contributed by atoms with E-state index in [-0.39, 0.29) is 0 Å². The zero-order valence-corrected chi connectivity index (χ0v) is 13.6. The van der Waals surface area contributed by atoms with E-state index in [1.54, 1.807) is 10.4 Å². The van der Waals surface area contributed by atoms with Crippen molar-refractivity contribution < 1.29 is 8.42 Å². The Balaban J connectivity index is 1.81. The molecular formula is C16H23N3O2S. The molecule has 0 radical (unpaired) electrons. The Morgan fingerprint density at radius 1 is 1.14 bits per heavy atom. The summed E-state index contributed by atoms with van der Waals surface area (Å²) < 4.78 is 26.6. The molecule has 0 bridgehead atoms. The molecule has 0 aromatic carbocycles. The normalized spacial score (nSPS) is 23.6. The summed E-state index contributed by atoms with van der Waals surface area (Å²) in [4.78, 5) is 6.92. The second-order valence-electron chi connectivity index (χ2n) is 5.96. The molecule has 3 rings (SSSR count). The van der Waals surface area contributed by atoms with Gasteiger partial charge in [0.25, 0.3) is 0 Å². The fourth-order valence-electron chi connectivity index (χ4n) is 3.26. The van der Waals surface area contributed by atoms with Crippen LogP contribution in [0.4, 0.5) is 5.82 Å². The Labute approximate surface area is 132 Å². The van der Waals surface area contributed by atoms with Crippen LogP contribution in [-0.2, 0) is 10.0 Å². The molecule has 3 heterocycles. The van der Waals surface area contributed by atoms with Crippen molar-refractivity contribution in [2.45, 2.75) is 43.0 Å². The molecular weight excluding hydrogens is 298 g/mol. The highest BCUT2D eigenvalue weighted by molar-refractivity contribution is 7.89. The molecule has 2 aliphatic heterocycles. The topological polar surface area (TPSA) is 53.5 Å². The Morgan fingerprint density at radius 2 is 1.86 bits per heavy atom. The molecule has 1 aromatic heterocycles. The third-order valence-corrected chi connectivity index (χ3v) is 6.42. The predicted molar refractivity (Wildman–Crippen MR) is 87.4 cm³/mol. The number of nitrogens with zero attached hydrogens (tertiary/aromatic N) is 3. The Hall–Kier alpha value is -1.40. The van der Waals surface area contributed by atoms with Crippen molar-refractivity contribution in [1.82, 2.24) is 9.29 Å². The lowest BCUT2D eigenvalue weighted by atomic mass is 10.0. The zero-order valence-electron chi connectivity index (χ0n) is 12.8. The van der Waals surface area contributed by atoms with Crippen LogP contribution < -0.4 is 4.90 Å². The minimum absolute atomic E-state index is 0.294. The van der Waals surface area contributed by atoms with Crippen LogP contribution in [0, 0.1) is 0 Å². The monoisotopic (exact) mass is 321 g/mol. The van der Waals surface area contributed by atoms with E-state index < -0.39 is 10.0 Å². The number of sulfonamides is 1. The van der Waals surface area contributed by atoms with E-state index in [1.807, 2.05) is 12.1 Å². The van der Waals surface area contributed by atoms with Crippen molar-refractivity contribution in [1.29, 1.82) is 0 Å². The van der Waals surface area contributed by atoms with Gasteiger partial charge < -0.3 is 4.90 Å². The van der Waals surface area contributed by atoms with Gasteiger partial charge in [-0.1, -0.05) is 6.08 Å². The lowest BCUT2D eigenvalue weighted by molar-refractivity contribution is 0.477. The number of piperidine rings is 1. The van der Waals surface area contributed by atoms with Crippen LogP contribution in [-0.4, -0.2) is 43.4 Å². The van der Waals surface area contributed by atoms with E-state index in [0.29, 0.717) is 24.0 Å². The van der Waals surface area contributed by atoms with E-state index in [9.17, 15) is 8.42 Å². The third kappa shape index (κ3) is 2.90. The SMILES string of the molecule is C=CC1CCCCN1c1ccc(S(=O)(=O)N2CCCC2)cn1. The first-order valence-electron chi connectivity index (χ1n) is 7.98. The van der Waals surface area contributed by atoms with Crippen LogP contribution >= 0.6 is 0 Å². The largest absolute Gasteiger partial charge is 0.350 e. The van der Waals surface area contributed by atoms with Crippen molar-refractivity contribution in [3.63, 3.8) is 0 Å². The average molecular weight is 321 g/mol. The molecule has 0 aliphatic carbocycles. The molecule has 2 aliphatic rings. The van der Waals surface area contributed by atoms with E-state index in [4.69, 9.17) is 0 Å². The first-order valence-corrected chi connectivity index (χ1v) is 9.42. The van der Waals surface area contributed by atoms with Gasteiger partial charge in [-0.15, -0.1) is 6.58 Å². The van der Waals surface area contributed by atoms with Crippen molar-refractivity contribution in [3.8, 4) is 0 Å². The lowest BCUT2D eigenvalue weighted by Crippen LogP contribution is -2.38. The van der Waals surface area contributed by atoms with Crippen LogP contribution in [0.2, 0.25) is 0 Å². The molecule has 0 amide bonds. The summed E-state index contributed by atoms with van der Waals surface area (Å²) in [5, 5.41) is 0. The second kappa shape index (κ2) is 6.38. The van der Waals surface area contributed by atoms with Crippen molar-refractivity contribution in [3.05, 3.63) is 31.0 Å².